The van der Waals surface area contributed by atoms with Crippen LogP contribution in [0.4, 0.5) is 0 Å². The number of hydrogen-bond acceptors (Lipinski definition) is 5. The van der Waals surface area contributed by atoms with Gasteiger partial charge in [0, 0.05) is 26.2 Å². The second-order valence-corrected chi connectivity index (χ2v) is 7.94. The molecule has 1 heterocycles. The smallest absolute Gasteiger partial charge is 0.240 e. The van der Waals surface area contributed by atoms with E-state index in [1.165, 1.54) is 12.1 Å². The van der Waals surface area contributed by atoms with E-state index in [0.29, 0.717) is 18.3 Å². The standard InChI is InChI=1S/C16H26N2O4S/c1-13(2)11-18-8-9-22-15(12-18)10-17-23(19,20)16-6-4-14(21-3)5-7-16/h4-7,13,15,17H,8-12H2,1-3H3. The van der Waals surface area contributed by atoms with Gasteiger partial charge in [0.1, 0.15) is 5.75 Å². The molecule has 23 heavy (non-hydrogen) atoms. The van der Waals surface area contributed by atoms with Gasteiger partial charge in [-0.05, 0) is 30.2 Å². The molecule has 1 atom stereocenters. The highest BCUT2D eigenvalue weighted by Gasteiger charge is 2.23. The molecule has 2 rings (SSSR count). The second-order valence-electron chi connectivity index (χ2n) is 6.17. The van der Waals surface area contributed by atoms with Gasteiger partial charge in [-0.15, -0.1) is 0 Å². The minimum atomic E-state index is -3.53. The molecule has 1 saturated heterocycles. The van der Waals surface area contributed by atoms with Gasteiger partial charge in [-0.25, -0.2) is 13.1 Å². The summed E-state index contributed by atoms with van der Waals surface area (Å²) in [7, 11) is -1.98. The molecule has 1 fully saturated rings. The molecule has 1 aliphatic rings. The fourth-order valence-electron chi connectivity index (χ4n) is 2.63. The summed E-state index contributed by atoms with van der Waals surface area (Å²) in [6, 6.07) is 6.34. The van der Waals surface area contributed by atoms with Gasteiger partial charge in [-0.2, -0.15) is 0 Å². The molecule has 7 heteroatoms. The highest BCUT2D eigenvalue weighted by atomic mass is 32.2. The molecule has 130 valence electrons. The number of ether oxygens (including phenoxy) is 2. The molecule has 0 bridgehead atoms. The number of nitrogens with one attached hydrogen (secondary N) is 1. The van der Waals surface area contributed by atoms with E-state index in [1.807, 2.05) is 0 Å². The third-order valence-corrected chi connectivity index (χ3v) is 5.16. The van der Waals surface area contributed by atoms with Crippen molar-refractivity contribution in [2.45, 2.75) is 24.8 Å². The Morgan fingerprint density at radius 2 is 2.04 bits per heavy atom. The first-order valence-electron chi connectivity index (χ1n) is 7.88. The van der Waals surface area contributed by atoms with Crippen LogP contribution in [-0.2, 0) is 14.8 Å². The van der Waals surface area contributed by atoms with Crippen molar-refractivity contribution in [3.63, 3.8) is 0 Å². The maximum Gasteiger partial charge on any atom is 0.240 e. The van der Waals surface area contributed by atoms with Crippen LogP contribution in [-0.4, -0.2) is 59.3 Å². The Hall–Kier alpha value is -1.15. The van der Waals surface area contributed by atoms with E-state index >= 15 is 0 Å². The molecule has 0 amide bonds. The normalized spacial score (nSPS) is 19.9. The highest BCUT2D eigenvalue weighted by Crippen LogP contribution is 2.15. The van der Waals surface area contributed by atoms with Crippen molar-refractivity contribution in [3.05, 3.63) is 24.3 Å². The van der Waals surface area contributed by atoms with Gasteiger partial charge >= 0.3 is 0 Å². The fraction of sp³-hybridized carbons (Fsp3) is 0.625. The third-order valence-electron chi connectivity index (χ3n) is 3.72. The van der Waals surface area contributed by atoms with Crippen LogP contribution >= 0.6 is 0 Å². The summed E-state index contributed by atoms with van der Waals surface area (Å²) < 4.78 is 38.0. The lowest BCUT2D eigenvalue weighted by molar-refractivity contribution is -0.0280. The topological polar surface area (TPSA) is 67.9 Å². The second kappa shape index (κ2) is 8.10. The van der Waals surface area contributed by atoms with Gasteiger partial charge in [0.15, 0.2) is 0 Å². The van der Waals surface area contributed by atoms with E-state index in [9.17, 15) is 8.42 Å². The van der Waals surface area contributed by atoms with E-state index in [0.717, 1.165) is 19.6 Å². The first-order valence-corrected chi connectivity index (χ1v) is 9.36. The zero-order valence-corrected chi connectivity index (χ0v) is 14.8. The Bertz CT molecular complexity index is 587. The monoisotopic (exact) mass is 342 g/mol. The molecule has 0 aliphatic carbocycles. The van der Waals surface area contributed by atoms with Crippen molar-refractivity contribution in [2.75, 3.05) is 39.9 Å². The van der Waals surface area contributed by atoms with Crippen molar-refractivity contribution >= 4 is 10.0 Å². The van der Waals surface area contributed by atoms with Gasteiger partial charge in [-0.1, -0.05) is 13.8 Å². The number of benzene rings is 1. The lowest BCUT2D eigenvalue weighted by Crippen LogP contribution is -2.48. The number of methoxy groups -OCH3 is 1. The molecule has 1 aromatic rings. The average Bonchev–Trinajstić information content (AvgIpc) is 2.53. The van der Waals surface area contributed by atoms with Crippen molar-refractivity contribution in [1.82, 2.24) is 9.62 Å². The Labute approximate surface area is 138 Å². The highest BCUT2D eigenvalue weighted by molar-refractivity contribution is 7.89. The van der Waals surface area contributed by atoms with Crippen LogP contribution in [0.25, 0.3) is 0 Å². The maximum absolute atomic E-state index is 12.3. The first kappa shape index (κ1) is 18.2. The molecule has 0 aromatic heterocycles. The van der Waals surface area contributed by atoms with Crippen LogP contribution in [0.1, 0.15) is 13.8 Å². The Balaban J connectivity index is 1.90. The van der Waals surface area contributed by atoms with Crippen molar-refractivity contribution < 1.29 is 17.9 Å². The molecular weight excluding hydrogens is 316 g/mol. The lowest BCUT2D eigenvalue weighted by atomic mass is 10.2. The molecule has 0 radical (unpaired) electrons. The fourth-order valence-corrected chi connectivity index (χ4v) is 3.69. The molecule has 1 unspecified atom stereocenters. The number of nitrogens with zero attached hydrogens (tertiary/aromatic N) is 1. The van der Waals surface area contributed by atoms with E-state index < -0.39 is 10.0 Å². The van der Waals surface area contributed by atoms with Gasteiger partial charge < -0.3 is 9.47 Å². The largest absolute Gasteiger partial charge is 0.497 e. The maximum atomic E-state index is 12.3. The SMILES string of the molecule is COc1ccc(S(=O)(=O)NCC2CN(CC(C)C)CCO2)cc1. The van der Waals surface area contributed by atoms with Crippen LogP contribution < -0.4 is 9.46 Å². The van der Waals surface area contributed by atoms with Crippen LogP contribution in [0.3, 0.4) is 0 Å². The molecular formula is C16H26N2O4S. The minimum absolute atomic E-state index is 0.115. The zero-order valence-electron chi connectivity index (χ0n) is 14.0. The summed E-state index contributed by atoms with van der Waals surface area (Å²) in [5.74, 6) is 1.22. The van der Waals surface area contributed by atoms with Crippen molar-refractivity contribution in [2.24, 2.45) is 5.92 Å². The summed E-state index contributed by atoms with van der Waals surface area (Å²) in [6.45, 7) is 7.94. The summed E-state index contributed by atoms with van der Waals surface area (Å²) in [5, 5.41) is 0. The third kappa shape index (κ3) is 5.46. The van der Waals surface area contributed by atoms with Gasteiger partial charge in [0.2, 0.25) is 10.0 Å². The molecule has 0 spiro atoms. The van der Waals surface area contributed by atoms with Crippen molar-refractivity contribution in [3.8, 4) is 5.75 Å². The van der Waals surface area contributed by atoms with Crippen LogP contribution in [0.5, 0.6) is 5.75 Å². The minimum Gasteiger partial charge on any atom is -0.497 e. The Kier molecular flexibility index (Phi) is 6.41. The molecule has 1 N–H and O–H groups in total. The quantitative estimate of drug-likeness (QED) is 0.810. The van der Waals surface area contributed by atoms with E-state index in [1.54, 1.807) is 19.2 Å². The summed E-state index contributed by atoms with van der Waals surface area (Å²) in [4.78, 5) is 2.55. The first-order chi connectivity index (χ1) is 10.9. The number of hydrogen-bond donors (Lipinski definition) is 1. The van der Waals surface area contributed by atoms with E-state index in [-0.39, 0.29) is 17.5 Å². The number of sulfonamides is 1. The van der Waals surface area contributed by atoms with Gasteiger partial charge in [0.25, 0.3) is 0 Å². The summed E-state index contributed by atoms with van der Waals surface area (Å²) in [6.07, 6.45) is -0.115. The van der Waals surface area contributed by atoms with Gasteiger partial charge in [0.05, 0.1) is 24.7 Å². The van der Waals surface area contributed by atoms with Gasteiger partial charge in [-0.3, -0.25) is 4.90 Å². The average molecular weight is 342 g/mol. The summed E-state index contributed by atoms with van der Waals surface area (Å²) >= 11 is 0. The predicted molar refractivity (Wildman–Crippen MR) is 89.2 cm³/mol. The number of morpholine rings is 1. The molecule has 0 saturated carbocycles. The van der Waals surface area contributed by atoms with E-state index in [4.69, 9.17) is 9.47 Å². The van der Waals surface area contributed by atoms with Crippen LogP contribution in [0, 0.1) is 5.92 Å². The van der Waals surface area contributed by atoms with Crippen LogP contribution in [0.2, 0.25) is 0 Å². The molecule has 6 nitrogen and oxygen atoms in total. The predicted octanol–water partition coefficient (Wildman–Crippen LogP) is 1.33. The lowest BCUT2D eigenvalue weighted by Gasteiger charge is -2.33. The molecule has 1 aliphatic heterocycles. The Morgan fingerprint density at radius 3 is 2.65 bits per heavy atom. The summed E-state index contributed by atoms with van der Waals surface area (Å²) in [5.41, 5.74) is 0. The zero-order chi connectivity index (χ0) is 16.9. The molecule has 1 aromatic carbocycles. The van der Waals surface area contributed by atoms with E-state index in [2.05, 4.69) is 23.5 Å². The Morgan fingerprint density at radius 1 is 1.35 bits per heavy atom. The van der Waals surface area contributed by atoms with Crippen molar-refractivity contribution in [1.29, 1.82) is 0 Å². The van der Waals surface area contributed by atoms with Crippen LogP contribution in [0.15, 0.2) is 29.2 Å². The number of rotatable bonds is 7.